The quantitative estimate of drug-likeness (QED) is 0.799. The first-order valence-corrected chi connectivity index (χ1v) is 5.55. The van der Waals surface area contributed by atoms with Crippen molar-refractivity contribution < 1.29 is 0 Å². The summed E-state index contributed by atoms with van der Waals surface area (Å²) in [4.78, 5) is 0. The van der Waals surface area contributed by atoms with Crippen molar-refractivity contribution in [3.05, 3.63) is 47.5 Å². The van der Waals surface area contributed by atoms with Crippen molar-refractivity contribution in [3.63, 3.8) is 0 Å². The van der Waals surface area contributed by atoms with E-state index in [9.17, 15) is 0 Å². The second-order valence-corrected chi connectivity index (χ2v) is 4.33. The summed E-state index contributed by atoms with van der Waals surface area (Å²) >= 11 is 0. The van der Waals surface area contributed by atoms with Gasteiger partial charge in [0.1, 0.15) is 0 Å². The van der Waals surface area contributed by atoms with E-state index >= 15 is 0 Å². The number of rotatable bonds is 1. The first-order valence-electron chi connectivity index (χ1n) is 5.55. The van der Waals surface area contributed by atoms with Gasteiger partial charge in [-0.15, -0.1) is 12.4 Å². The Hall–Kier alpha value is -1.05. The monoisotopic (exact) mass is 233 g/mol. The maximum absolute atomic E-state index is 3.39. The molecule has 0 radical (unpaired) electrons. The molecule has 16 heavy (non-hydrogen) atoms. The van der Waals surface area contributed by atoms with Gasteiger partial charge in [0.2, 0.25) is 0 Å². The molecule has 3 rings (SSSR count). The molecule has 0 fully saturated rings. The molecule has 2 heteroatoms. The second-order valence-electron chi connectivity index (χ2n) is 4.33. The third-order valence-electron chi connectivity index (χ3n) is 3.42. The van der Waals surface area contributed by atoms with Gasteiger partial charge in [0.05, 0.1) is 0 Å². The minimum Gasteiger partial charge on any atom is -0.316 e. The van der Waals surface area contributed by atoms with E-state index in [-0.39, 0.29) is 12.4 Å². The van der Waals surface area contributed by atoms with Crippen LogP contribution in [0.4, 0.5) is 0 Å². The molecule has 1 N–H and O–H groups in total. The van der Waals surface area contributed by atoms with Crippen molar-refractivity contribution in [1.29, 1.82) is 0 Å². The Kier molecular flexibility index (Phi) is 3.17. The van der Waals surface area contributed by atoms with Crippen molar-refractivity contribution >= 4 is 23.2 Å². The first-order chi connectivity index (χ1) is 7.38. The molecule has 1 aliphatic carbocycles. The molecule has 2 aromatic rings. The van der Waals surface area contributed by atoms with E-state index in [0.29, 0.717) is 6.04 Å². The maximum atomic E-state index is 3.39. The fraction of sp³-hybridized carbons (Fsp3) is 0.286. The number of hydrogen-bond acceptors (Lipinski definition) is 1. The predicted octanol–water partition coefficient (Wildman–Crippen LogP) is 2.95. The predicted molar refractivity (Wildman–Crippen MR) is 71.5 cm³/mol. The zero-order valence-electron chi connectivity index (χ0n) is 9.36. The van der Waals surface area contributed by atoms with Crippen LogP contribution < -0.4 is 5.32 Å². The van der Waals surface area contributed by atoms with Crippen LogP contribution in [0.25, 0.3) is 10.8 Å². The highest BCUT2D eigenvalue weighted by molar-refractivity contribution is 5.89. The summed E-state index contributed by atoms with van der Waals surface area (Å²) in [6.07, 6.45) is 2.32. The average molecular weight is 234 g/mol. The fourth-order valence-electron chi connectivity index (χ4n) is 2.65. The molecule has 0 spiro atoms. The minimum absolute atomic E-state index is 0. The molecule has 0 aliphatic heterocycles. The Morgan fingerprint density at radius 2 is 1.56 bits per heavy atom. The van der Waals surface area contributed by atoms with E-state index in [1.54, 1.807) is 0 Å². The molecule has 0 aromatic heterocycles. The molecule has 84 valence electrons. The van der Waals surface area contributed by atoms with Gasteiger partial charge in [-0.1, -0.05) is 36.4 Å². The van der Waals surface area contributed by atoms with Gasteiger partial charge < -0.3 is 5.32 Å². The summed E-state index contributed by atoms with van der Waals surface area (Å²) in [5.74, 6) is 0. The number of nitrogens with one attached hydrogen (secondary N) is 1. The van der Waals surface area contributed by atoms with Crippen molar-refractivity contribution in [2.45, 2.75) is 18.9 Å². The van der Waals surface area contributed by atoms with Gasteiger partial charge in [-0.05, 0) is 41.8 Å². The number of benzene rings is 2. The first kappa shape index (κ1) is 11.4. The number of halogens is 1. The molecule has 0 bridgehead atoms. The average Bonchev–Trinajstić information content (AvgIpc) is 2.29. The summed E-state index contributed by atoms with van der Waals surface area (Å²) < 4.78 is 0. The van der Waals surface area contributed by atoms with E-state index in [1.807, 2.05) is 0 Å². The van der Waals surface area contributed by atoms with E-state index in [4.69, 9.17) is 0 Å². The van der Waals surface area contributed by atoms with Gasteiger partial charge in [-0.3, -0.25) is 0 Å². The van der Waals surface area contributed by atoms with Crippen LogP contribution in [-0.2, 0) is 12.8 Å². The van der Waals surface area contributed by atoms with Crippen LogP contribution in [0.3, 0.4) is 0 Å². The van der Waals surface area contributed by atoms with E-state index in [0.717, 1.165) is 12.8 Å². The highest BCUT2D eigenvalue weighted by atomic mass is 35.5. The highest BCUT2D eigenvalue weighted by Gasteiger charge is 2.18. The molecule has 0 atom stereocenters. The Morgan fingerprint density at radius 3 is 2.06 bits per heavy atom. The minimum atomic E-state index is 0. The standard InChI is InChI=1S/C14H15N.ClH/c1-15-13-8-11-6-2-4-10-5-3-7-12(9-13)14(10)11;/h2-7,13,15H,8-9H2,1H3;1H. The smallest absolute Gasteiger partial charge is 0.0145 e. The van der Waals surface area contributed by atoms with Gasteiger partial charge in [-0.2, -0.15) is 0 Å². The Labute approximate surface area is 102 Å². The molecule has 1 aliphatic rings. The van der Waals surface area contributed by atoms with E-state index in [1.165, 1.54) is 21.9 Å². The second kappa shape index (κ2) is 4.44. The molecule has 0 unspecified atom stereocenters. The maximum Gasteiger partial charge on any atom is 0.0145 e. The van der Waals surface area contributed by atoms with Crippen LogP contribution in [-0.4, -0.2) is 13.1 Å². The normalized spacial score (nSPS) is 14.8. The van der Waals surface area contributed by atoms with E-state index in [2.05, 4.69) is 48.8 Å². The van der Waals surface area contributed by atoms with E-state index < -0.39 is 0 Å². The summed E-state index contributed by atoms with van der Waals surface area (Å²) in [6, 6.07) is 13.9. The Morgan fingerprint density at radius 1 is 1.00 bits per heavy atom. The lowest BCUT2D eigenvalue weighted by molar-refractivity contribution is 0.551. The molecule has 0 amide bonds. The lowest BCUT2D eigenvalue weighted by atomic mass is 9.86. The van der Waals surface area contributed by atoms with Crippen LogP contribution in [0.15, 0.2) is 36.4 Å². The lowest BCUT2D eigenvalue weighted by Crippen LogP contribution is -2.32. The number of hydrogen-bond donors (Lipinski definition) is 1. The van der Waals surface area contributed by atoms with Crippen molar-refractivity contribution in [3.8, 4) is 0 Å². The Balaban J connectivity index is 0.000000963. The fourth-order valence-corrected chi connectivity index (χ4v) is 2.65. The SMILES string of the molecule is CNC1Cc2cccc3cccc(c23)C1.Cl. The third-order valence-corrected chi connectivity index (χ3v) is 3.42. The van der Waals surface area contributed by atoms with Crippen LogP contribution in [0.1, 0.15) is 11.1 Å². The summed E-state index contributed by atoms with van der Waals surface area (Å²) in [5.41, 5.74) is 2.99. The van der Waals surface area contributed by atoms with Crippen LogP contribution in [0.5, 0.6) is 0 Å². The topological polar surface area (TPSA) is 12.0 Å². The molecule has 0 heterocycles. The molecule has 2 aromatic carbocycles. The molecular weight excluding hydrogens is 218 g/mol. The van der Waals surface area contributed by atoms with Crippen LogP contribution >= 0.6 is 12.4 Å². The van der Waals surface area contributed by atoms with Gasteiger partial charge in [0.15, 0.2) is 0 Å². The summed E-state index contributed by atoms with van der Waals surface area (Å²) in [5, 5.41) is 6.27. The van der Waals surface area contributed by atoms with Gasteiger partial charge in [-0.25, -0.2) is 0 Å². The van der Waals surface area contributed by atoms with Gasteiger partial charge in [0.25, 0.3) is 0 Å². The summed E-state index contributed by atoms with van der Waals surface area (Å²) in [7, 11) is 2.05. The summed E-state index contributed by atoms with van der Waals surface area (Å²) in [6.45, 7) is 0. The van der Waals surface area contributed by atoms with Crippen molar-refractivity contribution in [1.82, 2.24) is 5.32 Å². The van der Waals surface area contributed by atoms with Crippen molar-refractivity contribution in [2.24, 2.45) is 0 Å². The molecule has 0 saturated carbocycles. The highest BCUT2D eigenvalue weighted by Crippen LogP contribution is 2.29. The molecule has 1 nitrogen and oxygen atoms in total. The van der Waals surface area contributed by atoms with Crippen LogP contribution in [0, 0.1) is 0 Å². The van der Waals surface area contributed by atoms with Gasteiger partial charge in [0, 0.05) is 6.04 Å². The zero-order valence-corrected chi connectivity index (χ0v) is 10.2. The zero-order chi connectivity index (χ0) is 10.3. The lowest BCUT2D eigenvalue weighted by Gasteiger charge is -2.24. The third kappa shape index (κ3) is 1.70. The van der Waals surface area contributed by atoms with Gasteiger partial charge >= 0.3 is 0 Å². The van der Waals surface area contributed by atoms with Crippen molar-refractivity contribution in [2.75, 3.05) is 7.05 Å². The largest absolute Gasteiger partial charge is 0.316 e. The molecular formula is C14H16ClN. The Bertz CT molecular complexity index is 466. The molecule has 0 saturated heterocycles. The number of likely N-dealkylation sites (N-methyl/N-ethyl adjacent to an activating group) is 1. The van der Waals surface area contributed by atoms with Crippen LogP contribution in [0.2, 0.25) is 0 Å².